The van der Waals surface area contributed by atoms with Crippen LogP contribution in [0.5, 0.6) is 0 Å². The van der Waals surface area contributed by atoms with Crippen molar-refractivity contribution < 1.29 is 12.9 Å². The van der Waals surface area contributed by atoms with E-state index >= 15 is 0 Å². The van der Waals surface area contributed by atoms with Crippen molar-refractivity contribution in [2.24, 2.45) is 0 Å². The van der Waals surface area contributed by atoms with Gasteiger partial charge >= 0.3 is 0 Å². The highest BCUT2D eigenvalue weighted by Gasteiger charge is 2.16. The van der Waals surface area contributed by atoms with E-state index in [0.717, 1.165) is 4.31 Å². The molecule has 0 saturated heterocycles. The average Bonchev–Trinajstić information content (AvgIpc) is 2.34. The monoisotopic (exact) mass is 204 g/mol. The van der Waals surface area contributed by atoms with Gasteiger partial charge in [0, 0.05) is 20.2 Å². The molecule has 1 aromatic rings. The molecule has 0 spiro atoms. The summed E-state index contributed by atoms with van der Waals surface area (Å²) in [6, 6.07) is 1.61. The number of nitrogens with zero attached hydrogens (tertiary/aromatic N) is 2. The minimum Gasteiger partial charge on any atom is -0.361 e. The van der Waals surface area contributed by atoms with Gasteiger partial charge in [-0.15, -0.1) is 0 Å². The summed E-state index contributed by atoms with van der Waals surface area (Å²) in [7, 11) is -0.250. The zero-order valence-corrected chi connectivity index (χ0v) is 8.63. The smallest absolute Gasteiger partial charge is 0.219 e. The second-order valence-corrected chi connectivity index (χ2v) is 5.15. The summed E-state index contributed by atoms with van der Waals surface area (Å²) in [6.45, 7) is 1.72. The molecule has 0 aliphatic heterocycles. The van der Waals surface area contributed by atoms with Crippen molar-refractivity contribution in [3.63, 3.8) is 0 Å². The summed E-state index contributed by atoms with van der Waals surface area (Å²) in [5.74, 6) is 0.501. The van der Waals surface area contributed by atoms with Crippen molar-refractivity contribution in [2.75, 3.05) is 14.1 Å². The minimum absolute atomic E-state index is 0.114. The molecule has 0 aliphatic rings. The predicted molar refractivity (Wildman–Crippen MR) is 47.6 cm³/mol. The molecule has 0 aromatic carbocycles. The van der Waals surface area contributed by atoms with Crippen molar-refractivity contribution >= 4 is 10.0 Å². The molecule has 1 aromatic heterocycles. The highest BCUT2D eigenvalue weighted by atomic mass is 32.2. The summed E-state index contributed by atoms with van der Waals surface area (Å²) in [4.78, 5) is 0. The molecule has 0 aliphatic carbocycles. The van der Waals surface area contributed by atoms with Crippen LogP contribution in [-0.4, -0.2) is 32.0 Å². The fourth-order valence-corrected chi connectivity index (χ4v) is 1.57. The number of hydrogen-bond acceptors (Lipinski definition) is 4. The Hall–Kier alpha value is -0.880. The zero-order chi connectivity index (χ0) is 10.1. The Bertz CT molecular complexity index is 380. The number of aromatic nitrogens is 1. The summed E-state index contributed by atoms with van der Waals surface area (Å²) in [5, 5.41) is 3.60. The van der Waals surface area contributed by atoms with E-state index in [4.69, 9.17) is 4.52 Å². The van der Waals surface area contributed by atoms with Gasteiger partial charge in [-0.3, -0.25) is 0 Å². The highest BCUT2D eigenvalue weighted by Crippen LogP contribution is 2.08. The highest BCUT2D eigenvalue weighted by molar-refractivity contribution is 7.88. The molecule has 0 N–H and O–H groups in total. The number of aryl methyl sites for hydroxylation is 1. The van der Waals surface area contributed by atoms with Gasteiger partial charge in [0.2, 0.25) is 10.0 Å². The second-order valence-electron chi connectivity index (χ2n) is 2.97. The first kappa shape index (κ1) is 10.2. The van der Waals surface area contributed by atoms with Crippen molar-refractivity contribution in [3.05, 3.63) is 17.5 Å². The van der Waals surface area contributed by atoms with Gasteiger partial charge in [0.25, 0.3) is 0 Å². The molecule has 0 unspecified atom stereocenters. The van der Waals surface area contributed by atoms with Gasteiger partial charge in [-0.05, 0) is 6.92 Å². The third-order valence-corrected chi connectivity index (χ3v) is 3.34. The molecule has 13 heavy (non-hydrogen) atoms. The molecule has 0 fully saturated rings. The third kappa shape index (κ3) is 2.53. The lowest BCUT2D eigenvalue weighted by Gasteiger charge is -2.08. The predicted octanol–water partition coefficient (Wildman–Crippen LogP) is 0.374. The lowest BCUT2D eigenvalue weighted by atomic mass is 10.4. The van der Waals surface area contributed by atoms with Crippen LogP contribution in [0.25, 0.3) is 0 Å². The first-order chi connectivity index (χ1) is 5.92. The summed E-state index contributed by atoms with van der Waals surface area (Å²) in [5.41, 5.74) is 0.436. The lowest BCUT2D eigenvalue weighted by Crippen LogP contribution is -2.23. The number of sulfonamides is 1. The Labute approximate surface area is 77.4 Å². The van der Waals surface area contributed by atoms with Crippen LogP contribution >= 0.6 is 0 Å². The van der Waals surface area contributed by atoms with E-state index in [1.807, 2.05) is 0 Å². The zero-order valence-electron chi connectivity index (χ0n) is 7.81. The number of rotatable bonds is 3. The standard InChI is InChI=1S/C7H12N2O3S/c1-6-4-7(8-12-6)5-13(10,11)9(2)3/h4H,5H2,1-3H3. The maximum absolute atomic E-state index is 11.4. The van der Waals surface area contributed by atoms with Gasteiger partial charge < -0.3 is 4.52 Å². The SMILES string of the molecule is Cc1cc(CS(=O)(=O)N(C)C)no1. The van der Waals surface area contributed by atoms with Gasteiger partial charge in [-0.2, -0.15) is 0 Å². The van der Waals surface area contributed by atoms with E-state index in [9.17, 15) is 8.42 Å². The van der Waals surface area contributed by atoms with Crippen LogP contribution in [0, 0.1) is 6.92 Å². The Morgan fingerprint density at radius 1 is 1.54 bits per heavy atom. The van der Waals surface area contributed by atoms with Crippen LogP contribution in [0.15, 0.2) is 10.6 Å². The van der Waals surface area contributed by atoms with E-state index < -0.39 is 10.0 Å². The van der Waals surface area contributed by atoms with Gasteiger partial charge in [0.05, 0.1) is 0 Å². The molecule has 1 heterocycles. The van der Waals surface area contributed by atoms with Crippen LogP contribution in [0.3, 0.4) is 0 Å². The van der Waals surface area contributed by atoms with Crippen molar-refractivity contribution in [2.45, 2.75) is 12.7 Å². The van der Waals surface area contributed by atoms with Crippen molar-refractivity contribution in [3.8, 4) is 0 Å². The van der Waals surface area contributed by atoms with E-state index in [2.05, 4.69) is 5.16 Å². The first-order valence-electron chi connectivity index (χ1n) is 3.74. The first-order valence-corrected chi connectivity index (χ1v) is 5.35. The maximum atomic E-state index is 11.4. The Morgan fingerprint density at radius 3 is 2.54 bits per heavy atom. The molecular weight excluding hydrogens is 192 g/mol. The Morgan fingerprint density at radius 2 is 2.15 bits per heavy atom. The topological polar surface area (TPSA) is 63.4 Å². The normalized spacial score (nSPS) is 12.3. The molecule has 5 nitrogen and oxygen atoms in total. The van der Waals surface area contributed by atoms with Crippen molar-refractivity contribution in [1.29, 1.82) is 0 Å². The molecule has 0 radical (unpaired) electrons. The number of hydrogen-bond donors (Lipinski definition) is 0. The minimum atomic E-state index is -3.23. The summed E-state index contributed by atoms with van der Waals surface area (Å²) >= 11 is 0. The van der Waals surface area contributed by atoms with Crippen LogP contribution in [0.2, 0.25) is 0 Å². The Kier molecular flexibility index (Phi) is 2.72. The fourth-order valence-electron chi connectivity index (χ4n) is 0.802. The largest absolute Gasteiger partial charge is 0.361 e. The van der Waals surface area contributed by atoms with E-state index in [0.29, 0.717) is 11.5 Å². The molecule has 6 heteroatoms. The Balaban J connectivity index is 2.81. The van der Waals surface area contributed by atoms with E-state index in [1.165, 1.54) is 14.1 Å². The average molecular weight is 204 g/mol. The molecular formula is C7H12N2O3S. The molecule has 0 bridgehead atoms. The molecule has 74 valence electrons. The van der Waals surface area contributed by atoms with E-state index in [1.54, 1.807) is 13.0 Å². The fraction of sp³-hybridized carbons (Fsp3) is 0.571. The molecule has 1 rings (SSSR count). The van der Waals surface area contributed by atoms with Crippen LogP contribution in [0.1, 0.15) is 11.5 Å². The summed E-state index contributed by atoms with van der Waals surface area (Å²) in [6.07, 6.45) is 0. The van der Waals surface area contributed by atoms with Gasteiger partial charge in [-0.25, -0.2) is 12.7 Å². The van der Waals surface area contributed by atoms with Crippen LogP contribution in [-0.2, 0) is 15.8 Å². The maximum Gasteiger partial charge on any atom is 0.219 e. The van der Waals surface area contributed by atoms with Gasteiger partial charge in [-0.1, -0.05) is 5.16 Å². The van der Waals surface area contributed by atoms with E-state index in [-0.39, 0.29) is 5.75 Å². The molecule has 0 saturated carbocycles. The van der Waals surface area contributed by atoms with Gasteiger partial charge in [0.15, 0.2) is 0 Å². The van der Waals surface area contributed by atoms with Crippen LogP contribution < -0.4 is 0 Å². The lowest BCUT2D eigenvalue weighted by molar-refractivity contribution is 0.392. The molecule has 0 amide bonds. The molecule has 0 atom stereocenters. The summed E-state index contributed by atoms with van der Waals surface area (Å²) < 4.78 is 28.6. The van der Waals surface area contributed by atoms with Gasteiger partial charge in [0.1, 0.15) is 17.2 Å². The van der Waals surface area contributed by atoms with Crippen LogP contribution in [0.4, 0.5) is 0 Å². The van der Waals surface area contributed by atoms with Crippen molar-refractivity contribution in [1.82, 2.24) is 9.46 Å². The third-order valence-electron chi connectivity index (χ3n) is 1.56. The quantitative estimate of drug-likeness (QED) is 0.713. The second kappa shape index (κ2) is 3.47.